The summed E-state index contributed by atoms with van der Waals surface area (Å²) < 4.78 is 29.5. The van der Waals surface area contributed by atoms with Crippen LogP contribution in [0.15, 0.2) is 42.5 Å². The summed E-state index contributed by atoms with van der Waals surface area (Å²) in [6.45, 7) is 4.70. The fraction of sp³-hybridized carbons (Fsp3) is 0.400. The van der Waals surface area contributed by atoms with Crippen molar-refractivity contribution in [3.63, 3.8) is 0 Å². The fourth-order valence-electron chi connectivity index (χ4n) is 2.89. The van der Waals surface area contributed by atoms with Gasteiger partial charge >= 0.3 is 0 Å². The maximum atomic E-state index is 13.3. The van der Waals surface area contributed by atoms with Gasteiger partial charge in [-0.2, -0.15) is 0 Å². The molecule has 5 nitrogen and oxygen atoms in total. The molecule has 0 aromatic heterocycles. The molecule has 0 aliphatic carbocycles. The minimum atomic E-state index is -0.613. The molecule has 0 spiro atoms. The SMILES string of the molecule is CCN(Cc1cccc(F)c1)CC(O)COCc1ccc2c(c1)OCO2. The molecule has 1 aliphatic heterocycles. The number of benzene rings is 2. The van der Waals surface area contributed by atoms with Crippen LogP contribution in [-0.4, -0.2) is 42.6 Å². The molecule has 0 bridgehead atoms. The number of likely N-dealkylation sites (N-methyl/N-ethyl adjacent to an activating group) is 1. The highest BCUT2D eigenvalue weighted by molar-refractivity contribution is 5.44. The molecule has 0 fully saturated rings. The first kappa shape index (κ1) is 18.6. The van der Waals surface area contributed by atoms with Crippen molar-refractivity contribution in [2.75, 3.05) is 26.5 Å². The molecule has 1 heterocycles. The third-order valence-corrected chi connectivity index (χ3v) is 4.23. The number of hydrogen-bond donors (Lipinski definition) is 1. The van der Waals surface area contributed by atoms with E-state index in [9.17, 15) is 9.50 Å². The first-order valence-electron chi connectivity index (χ1n) is 8.75. The molecular weight excluding hydrogens is 337 g/mol. The van der Waals surface area contributed by atoms with E-state index >= 15 is 0 Å². The van der Waals surface area contributed by atoms with E-state index in [2.05, 4.69) is 4.90 Å². The summed E-state index contributed by atoms with van der Waals surface area (Å²) in [7, 11) is 0. The van der Waals surface area contributed by atoms with Crippen molar-refractivity contribution in [3.8, 4) is 11.5 Å². The average molecular weight is 361 g/mol. The lowest BCUT2D eigenvalue weighted by atomic mass is 10.2. The second-order valence-electron chi connectivity index (χ2n) is 6.31. The van der Waals surface area contributed by atoms with Gasteiger partial charge in [0.2, 0.25) is 6.79 Å². The summed E-state index contributed by atoms with van der Waals surface area (Å²) in [5.41, 5.74) is 1.86. The van der Waals surface area contributed by atoms with Gasteiger partial charge in [0.15, 0.2) is 11.5 Å². The highest BCUT2D eigenvalue weighted by Crippen LogP contribution is 2.32. The van der Waals surface area contributed by atoms with Crippen LogP contribution >= 0.6 is 0 Å². The van der Waals surface area contributed by atoms with E-state index in [1.165, 1.54) is 12.1 Å². The van der Waals surface area contributed by atoms with Gasteiger partial charge < -0.3 is 19.3 Å². The van der Waals surface area contributed by atoms with Gasteiger partial charge in [0, 0.05) is 13.1 Å². The van der Waals surface area contributed by atoms with Gasteiger partial charge in [-0.1, -0.05) is 25.1 Å². The Kier molecular flexibility index (Phi) is 6.44. The minimum absolute atomic E-state index is 0.230. The number of fused-ring (bicyclic) bond motifs is 1. The summed E-state index contributed by atoms with van der Waals surface area (Å²) >= 11 is 0. The third kappa shape index (κ3) is 5.17. The highest BCUT2D eigenvalue weighted by Gasteiger charge is 2.14. The third-order valence-electron chi connectivity index (χ3n) is 4.23. The predicted molar refractivity (Wildman–Crippen MR) is 95.6 cm³/mol. The van der Waals surface area contributed by atoms with Crippen LogP contribution in [0.1, 0.15) is 18.1 Å². The van der Waals surface area contributed by atoms with Crippen molar-refractivity contribution in [1.82, 2.24) is 4.90 Å². The van der Waals surface area contributed by atoms with Crippen LogP contribution in [0.4, 0.5) is 4.39 Å². The van der Waals surface area contributed by atoms with Gasteiger partial charge in [-0.3, -0.25) is 4.90 Å². The molecule has 3 rings (SSSR count). The fourth-order valence-corrected chi connectivity index (χ4v) is 2.89. The lowest BCUT2D eigenvalue weighted by Gasteiger charge is -2.23. The Labute approximate surface area is 152 Å². The standard InChI is InChI=1S/C20H24FNO4/c1-2-22(10-15-4-3-5-17(21)8-15)11-18(23)13-24-12-16-6-7-19-20(9-16)26-14-25-19/h3-9,18,23H,2,10-14H2,1H3. The Morgan fingerprint density at radius 2 is 2.00 bits per heavy atom. The van der Waals surface area contributed by atoms with E-state index in [0.717, 1.165) is 29.2 Å². The van der Waals surface area contributed by atoms with Crippen LogP contribution in [0.3, 0.4) is 0 Å². The molecule has 0 saturated carbocycles. The van der Waals surface area contributed by atoms with Crippen molar-refractivity contribution in [2.24, 2.45) is 0 Å². The van der Waals surface area contributed by atoms with Crippen LogP contribution in [0.5, 0.6) is 11.5 Å². The van der Waals surface area contributed by atoms with Gasteiger partial charge in [0.25, 0.3) is 0 Å². The van der Waals surface area contributed by atoms with E-state index in [-0.39, 0.29) is 19.2 Å². The average Bonchev–Trinajstić information content (AvgIpc) is 3.09. The van der Waals surface area contributed by atoms with E-state index < -0.39 is 6.10 Å². The van der Waals surface area contributed by atoms with Crippen molar-refractivity contribution >= 4 is 0 Å². The van der Waals surface area contributed by atoms with Crippen LogP contribution in [0.25, 0.3) is 0 Å². The number of aliphatic hydroxyl groups is 1. The number of rotatable bonds is 9. The number of halogens is 1. The second-order valence-corrected chi connectivity index (χ2v) is 6.31. The number of hydrogen-bond acceptors (Lipinski definition) is 5. The second kappa shape index (κ2) is 8.98. The smallest absolute Gasteiger partial charge is 0.231 e. The zero-order valence-electron chi connectivity index (χ0n) is 14.9. The molecular formula is C20H24FNO4. The normalized spacial score (nSPS) is 14.0. The molecule has 1 unspecified atom stereocenters. The summed E-state index contributed by atoms with van der Waals surface area (Å²) in [6.07, 6.45) is -0.613. The molecule has 0 saturated heterocycles. The van der Waals surface area contributed by atoms with Gasteiger partial charge in [-0.25, -0.2) is 4.39 Å². The van der Waals surface area contributed by atoms with Crippen molar-refractivity contribution in [1.29, 1.82) is 0 Å². The molecule has 2 aromatic carbocycles. The van der Waals surface area contributed by atoms with Crippen molar-refractivity contribution in [3.05, 3.63) is 59.4 Å². The molecule has 140 valence electrons. The van der Waals surface area contributed by atoms with Crippen molar-refractivity contribution in [2.45, 2.75) is 26.2 Å². The monoisotopic (exact) mass is 361 g/mol. The van der Waals surface area contributed by atoms with Gasteiger partial charge in [-0.05, 0) is 41.9 Å². The molecule has 2 aromatic rings. The van der Waals surface area contributed by atoms with Crippen molar-refractivity contribution < 1.29 is 23.7 Å². The summed E-state index contributed by atoms with van der Waals surface area (Å²) in [5.74, 6) is 1.22. The maximum Gasteiger partial charge on any atom is 0.231 e. The summed E-state index contributed by atoms with van der Waals surface area (Å²) in [6, 6.07) is 12.2. The Morgan fingerprint density at radius 1 is 1.15 bits per heavy atom. The van der Waals surface area contributed by atoms with E-state index in [1.807, 2.05) is 31.2 Å². The molecule has 1 aliphatic rings. The molecule has 0 amide bonds. The zero-order chi connectivity index (χ0) is 18.4. The highest BCUT2D eigenvalue weighted by atomic mass is 19.1. The lowest BCUT2D eigenvalue weighted by Crippen LogP contribution is -2.34. The van der Waals surface area contributed by atoms with Crippen LogP contribution in [0, 0.1) is 5.82 Å². The van der Waals surface area contributed by atoms with Gasteiger partial charge in [0.05, 0.1) is 19.3 Å². The quantitative estimate of drug-likeness (QED) is 0.744. The van der Waals surface area contributed by atoms with E-state index in [1.54, 1.807) is 6.07 Å². The topological polar surface area (TPSA) is 51.2 Å². The summed E-state index contributed by atoms with van der Waals surface area (Å²) in [4.78, 5) is 2.06. The minimum Gasteiger partial charge on any atom is -0.454 e. The molecule has 0 radical (unpaired) electrons. The molecule has 26 heavy (non-hydrogen) atoms. The van der Waals surface area contributed by atoms with Crippen LogP contribution in [0.2, 0.25) is 0 Å². The Hall–Kier alpha value is -2.15. The Balaban J connectivity index is 1.43. The maximum absolute atomic E-state index is 13.3. The largest absolute Gasteiger partial charge is 0.454 e. The van der Waals surface area contributed by atoms with E-state index in [4.69, 9.17) is 14.2 Å². The van der Waals surface area contributed by atoms with Gasteiger partial charge in [-0.15, -0.1) is 0 Å². The van der Waals surface area contributed by atoms with Gasteiger partial charge in [0.1, 0.15) is 5.82 Å². The first-order valence-corrected chi connectivity index (χ1v) is 8.75. The molecule has 6 heteroatoms. The Morgan fingerprint density at radius 3 is 2.81 bits per heavy atom. The zero-order valence-corrected chi connectivity index (χ0v) is 14.9. The number of aliphatic hydroxyl groups excluding tert-OH is 1. The number of nitrogens with zero attached hydrogens (tertiary/aromatic N) is 1. The van der Waals surface area contributed by atoms with Crippen LogP contribution in [-0.2, 0) is 17.9 Å². The number of ether oxygens (including phenoxy) is 3. The predicted octanol–water partition coefficient (Wildman–Crippen LogP) is 2.95. The van der Waals surface area contributed by atoms with Crippen LogP contribution < -0.4 is 9.47 Å². The Bertz CT molecular complexity index is 725. The molecule has 1 atom stereocenters. The lowest BCUT2D eigenvalue weighted by molar-refractivity contribution is 0.00937. The molecule has 1 N–H and O–H groups in total. The van der Waals surface area contributed by atoms with E-state index in [0.29, 0.717) is 19.7 Å². The first-order chi connectivity index (χ1) is 12.6. The summed E-state index contributed by atoms with van der Waals surface area (Å²) in [5, 5.41) is 10.2.